The molecule has 0 radical (unpaired) electrons. The van der Waals surface area contributed by atoms with Crippen LogP contribution in [0.15, 0.2) is 0 Å². The number of hydrogen-bond acceptors (Lipinski definition) is 2. The molecule has 0 saturated carbocycles. The van der Waals surface area contributed by atoms with Crippen LogP contribution in [0, 0.1) is 0 Å². The van der Waals surface area contributed by atoms with E-state index >= 15 is 0 Å². The van der Waals surface area contributed by atoms with Gasteiger partial charge >= 0.3 is 10.0 Å². The van der Waals surface area contributed by atoms with Gasteiger partial charge in [0.25, 0.3) is 0 Å². The second kappa shape index (κ2) is 4.93. The van der Waals surface area contributed by atoms with Gasteiger partial charge in [-0.3, -0.25) is 0 Å². The fraction of sp³-hybridized carbons (Fsp3) is 1.00. The van der Waals surface area contributed by atoms with Crippen molar-refractivity contribution in [3.8, 4) is 0 Å². The van der Waals surface area contributed by atoms with Gasteiger partial charge in [-0.2, -0.15) is 0 Å². The first-order valence-corrected chi connectivity index (χ1v) is 3.84. The molecule has 0 bridgehead atoms. The highest BCUT2D eigenvalue weighted by molar-refractivity contribution is 6.18. The van der Waals surface area contributed by atoms with Crippen molar-refractivity contribution < 1.29 is 14.3 Å². The summed E-state index contributed by atoms with van der Waals surface area (Å²) in [6, 6.07) is 0. The maximum absolute atomic E-state index is 5.30. The molecule has 0 aromatic heterocycles. The molecular formula is C5H16O3Si. The van der Waals surface area contributed by atoms with Crippen molar-refractivity contribution in [2.24, 2.45) is 0 Å². The topological polar surface area (TPSA) is 50.0 Å². The third-order valence-electron chi connectivity index (χ3n) is 0.610. The molecule has 0 aromatic rings. The molecule has 0 fully saturated rings. The van der Waals surface area contributed by atoms with Crippen LogP contribution in [0.1, 0.15) is 20.8 Å². The van der Waals surface area contributed by atoms with Crippen molar-refractivity contribution in [1.29, 1.82) is 0 Å². The van der Waals surface area contributed by atoms with Gasteiger partial charge in [-0.05, 0) is 20.8 Å². The molecule has 0 spiro atoms. The summed E-state index contributed by atoms with van der Waals surface area (Å²) in [6.45, 7) is 6.08. The minimum Gasteiger partial charge on any atom is -0.412 e. The highest BCUT2D eigenvalue weighted by Gasteiger charge is 2.07. The summed E-state index contributed by atoms with van der Waals surface area (Å²) in [7, 11) is 0.996. The van der Waals surface area contributed by atoms with Crippen LogP contribution in [-0.4, -0.2) is 28.2 Å². The first-order chi connectivity index (χ1) is 3.56. The van der Waals surface area contributed by atoms with Gasteiger partial charge in [0, 0.05) is 12.7 Å². The van der Waals surface area contributed by atoms with Gasteiger partial charge in [0.15, 0.2) is 0 Å². The standard InChI is InChI=1S/C5H14O2Si.H2O/c1-5(2,3)7-8-6-4;/h8H2,1-4H3;1H2. The van der Waals surface area contributed by atoms with E-state index in [2.05, 4.69) is 0 Å². The van der Waals surface area contributed by atoms with Crippen molar-refractivity contribution in [2.45, 2.75) is 26.4 Å². The van der Waals surface area contributed by atoms with E-state index in [0.29, 0.717) is 0 Å². The predicted octanol–water partition coefficient (Wildman–Crippen LogP) is -0.378. The minimum atomic E-state index is -0.682. The van der Waals surface area contributed by atoms with Gasteiger partial charge in [-0.25, -0.2) is 0 Å². The molecule has 0 rings (SSSR count). The Labute approximate surface area is 58.7 Å². The summed E-state index contributed by atoms with van der Waals surface area (Å²) in [4.78, 5) is 0. The van der Waals surface area contributed by atoms with E-state index in [9.17, 15) is 0 Å². The summed E-state index contributed by atoms with van der Waals surface area (Å²) in [5.41, 5.74) is -0.0117. The van der Waals surface area contributed by atoms with E-state index in [1.165, 1.54) is 0 Å². The van der Waals surface area contributed by atoms with Crippen LogP contribution in [0.3, 0.4) is 0 Å². The summed E-state index contributed by atoms with van der Waals surface area (Å²) in [5.74, 6) is 0. The third kappa shape index (κ3) is 11.6. The number of hydrogen-bond donors (Lipinski definition) is 0. The van der Waals surface area contributed by atoms with Gasteiger partial charge in [0.2, 0.25) is 0 Å². The molecular weight excluding hydrogens is 136 g/mol. The van der Waals surface area contributed by atoms with Crippen LogP contribution < -0.4 is 0 Å². The average Bonchev–Trinajstić information content (AvgIpc) is 1.59. The lowest BCUT2D eigenvalue weighted by molar-refractivity contribution is 0.107. The van der Waals surface area contributed by atoms with E-state index in [0.717, 1.165) is 0 Å². The largest absolute Gasteiger partial charge is 0.412 e. The lowest BCUT2D eigenvalue weighted by atomic mass is 10.2. The molecule has 3 nitrogen and oxygen atoms in total. The Bertz CT molecular complexity index is 59.7. The van der Waals surface area contributed by atoms with Crippen LogP contribution in [-0.2, 0) is 8.85 Å². The third-order valence-corrected chi connectivity index (χ3v) is 1.83. The van der Waals surface area contributed by atoms with Gasteiger partial charge in [-0.1, -0.05) is 0 Å². The highest BCUT2D eigenvalue weighted by atomic mass is 28.3. The normalized spacial score (nSPS) is 12.0. The molecule has 0 aromatic carbocycles. The fourth-order valence-electron chi connectivity index (χ4n) is 0.236. The second-order valence-corrected chi connectivity index (χ2v) is 3.76. The number of rotatable bonds is 2. The predicted molar refractivity (Wildman–Crippen MR) is 40.0 cm³/mol. The quantitative estimate of drug-likeness (QED) is 0.507. The maximum Gasteiger partial charge on any atom is 0.304 e. The Morgan fingerprint density at radius 3 is 1.78 bits per heavy atom. The van der Waals surface area contributed by atoms with Crippen LogP contribution in [0.5, 0.6) is 0 Å². The molecule has 0 heterocycles. The first kappa shape index (κ1) is 11.8. The Hall–Kier alpha value is 0.0969. The van der Waals surface area contributed by atoms with Gasteiger partial charge in [0.05, 0.1) is 0 Å². The van der Waals surface area contributed by atoms with Crippen LogP contribution in [0.2, 0.25) is 0 Å². The molecule has 0 aliphatic heterocycles. The van der Waals surface area contributed by atoms with E-state index < -0.39 is 10.0 Å². The maximum atomic E-state index is 5.30. The van der Waals surface area contributed by atoms with Crippen LogP contribution >= 0.6 is 0 Å². The van der Waals surface area contributed by atoms with Crippen molar-refractivity contribution in [3.63, 3.8) is 0 Å². The van der Waals surface area contributed by atoms with Crippen LogP contribution in [0.4, 0.5) is 0 Å². The molecule has 0 aliphatic rings. The Morgan fingerprint density at radius 2 is 1.67 bits per heavy atom. The van der Waals surface area contributed by atoms with Crippen LogP contribution in [0.25, 0.3) is 0 Å². The zero-order valence-corrected chi connectivity index (χ0v) is 7.94. The van der Waals surface area contributed by atoms with Crippen molar-refractivity contribution >= 4 is 10.0 Å². The second-order valence-electron chi connectivity index (χ2n) is 2.66. The average molecular weight is 152 g/mol. The molecule has 0 aliphatic carbocycles. The molecule has 58 valence electrons. The zero-order valence-electron chi connectivity index (χ0n) is 6.52. The highest BCUT2D eigenvalue weighted by Crippen LogP contribution is 2.03. The lowest BCUT2D eigenvalue weighted by Gasteiger charge is -2.18. The smallest absolute Gasteiger partial charge is 0.304 e. The van der Waals surface area contributed by atoms with E-state index in [4.69, 9.17) is 8.85 Å². The SMILES string of the molecule is CO[SiH2]OC(C)(C)C.O. The first-order valence-electron chi connectivity index (χ1n) is 2.69. The molecule has 9 heavy (non-hydrogen) atoms. The summed E-state index contributed by atoms with van der Waals surface area (Å²) >= 11 is 0. The molecule has 0 amide bonds. The van der Waals surface area contributed by atoms with Crippen molar-refractivity contribution in [2.75, 3.05) is 7.11 Å². The van der Waals surface area contributed by atoms with Gasteiger partial charge in [-0.15, -0.1) is 0 Å². The molecule has 4 heteroatoms. The molecule has 0 atom stereocenters. The summed E-state index contributed by atoms with van der Waals surface area (Å²) in [6.07, 6.45) is 0. The van der Waals surface area contributed by atoms with Gasteiger partial charge in [0.1, 0.15) is 0 Å². The Balaban J connectivity index is 0. The van der Waals surface area contributed by atoms with Crippen molar-refractivity contribution in [3.05, 3.63) is 0 Å². The lowest BCUT2D eigenvalue weighted by Crippen LogP contribution is -2.22. The molecule has 2 N–H and O–H groups in total. The molecule has 0 saturated heterocycles. The Morgan fingerprint density at radius 1 is 1.22 bits per heavy atom. The Kier molecular flexibility index (Phi) is 6.48. The van der Waals surface area contributed by atoms with E-state index in [1.54, 1.807) is 7.11 Å². The van der Waals surface area contributed by atoms with Gasteiger partial charge < -0.3 is 14.3 Å². The van der Waals surface area contributed by atoms with E-state index in [-0.39, 0.29) is 11.1 Å². The molecule has 0 unspecified atom stereocenters. The fourth-order valence-corrected chi connectivity index (χ4v) is 0.707. The van der Waals surface area contributed by atoms with E-state index in [1.807, 2.05) is 20.8 Å². The van der Waals surface area contributed by atoms with Crippen molar-refractivity contribution in [1.82, 2.24) is 0 Å². The summed E-state index contributed by atoms with van der Waals surface area (Å²) < 4.78 is 10.1. The monoisotopic (exact) mass is 152 g/mol. The summed E-state index contributed by atoms with van der Waals surface area (Å²) in [5, 5.41) is 0. The minimum absolute atomic E-state index is 0. The zero-order chi connectivity index (χ0) is 6.62.